The monoisotopic (exact) mass is 623 g/mol. The van der Waals surface area contributed by atoms with Crippen molar-refractivity contribution in [2.45, 2.75) is 0 Å². The summed E-state index contributed by atoms with van der Waals surface area (Å²) in [4.78, 5) is 6.12. The van der Waals surface area contributed by atoms with Gasteiger partial charge in [-0.25, -0.2) is 4.98 Å². The Morgan fingerprint density at radius 2 is 1.02 bits per heavy atom. The molecule has 0 saturated carbocycles. The van der Waals surface area contributed by atoms with E-state index < -0.39 is 0 Å². The summed E-state index contributed by atoms with van der Waals surface area (Å²) < 4.78 is 6.00. The van der Waals surface area contributed by atoms with Crippen molar-refractivity contribution in [1.29, 1.82) is 0 Å². The van der Waals surface area contributed by atoms with Gasteiger partial charge in [0.25, 0.3) is 0 Å². The van der Waals surface area contributed by atoms with Gasteiger partial charge < -0.3 is 9.13 Å². The van der Waals surface area contributed by atoms with Gasteiger partial charge in [0.2, 0.25) is 0 Å². The van der Waals surface area contributed by atoms with E-state index in [0.29, 0.717) is 0 Å². The average Bonchev–Trinajstić information content (AvgIpc) is 3.90. The van der Waals surface area contributed by atoms with Crippen LogP contribution >= 0.6 is 22.7 Å². The van der Waals surface area contributed by atoms with E-state index >= 15 is 0 Å². The van der Waals surface area contributed by atoms with E-state index in [1.165, 1.54) is 75.0 Å². The number of fused-ring (bicyclic) bond motifs is 7. The van der Waals surface area contributed by atoms with Crippen molar-refractivity contribution in [2.75, 3.05) is 0 Å². The van der Waals surface area contributed by atoms with Crippen LogP contribution in [0.1, 0.15) is 0 Å². The molecule has 0 radical (unpaired) electrons. The first kappa shape index (κ1) is 25.8. The third-order valence-electron chi connectivity index (χ3n) is 9.01. The quantitative estimate of drug-likeness (QED) is 0.191. The molecular weight excluding hydrogens is 599 g/mol. The van der Waals surface area contributed by atoms with E-state index in [1.54, 1.807) is 22.7 Å². The fourth-order valence-electron chi connectivity index (χ4n) is 6.94. The molecule has 0 amide bonds. The van der Waals surface area contributed by atoms with Crippen molar-refractivity contribution in [3.63, 3.8) is 0 Å². The second kappa shape index (κ2) is 10.0. The SMILES string of the molecule is c1ccc(-n2c3ccccc3c3cc(-c4ccc5c(c4)c4ccccc4n5-c4ccc(-c5nc6ccccc6s5)s4)ccc32)cc1. The molecule has 0 atom stereocenters. The smallest absolute Gasteiger partial charge is 0.134 e. The highest BCUT2D eigenvalue weighted by Gasteiger charge is 2.17. The number of hydrogen-bond donors (Lipinski definition) is 0. The van der Waals surface area contributed by atoms with Gasteiger partial charge in [-0.3, -0.25) is 0 Å². The Bertz CT molecular complexity index is 2730. The molecule has 6 aromatic carbocycles. The van der Waals surface area contributed by atoms with Crippen LogP contribution in [-0.2, 0) is 0 Å². The number of benzene rings is 6. The zero-order valence-electron chi connectivity index (χ0n) is 24.6. The topological polar surface area (TPSA) is 22.8 Å². The molecule has 0 saturated heterocycles. The van der Waals surface area contributed by atoms with Crippen LogP contribution in [0.15, 0.2) is 152 Å². The molecule has 5 heteroatoms. The van der Waals surface area contributed by atoms with E-state index in [2.05, 4.69) is 161 Å². The normalized spacial score (nSPS) is 11.9. The summed E-state index contributed by atoms with van der Waals surface area (Å²) in [5.41, 5.74) is 9.54. The Morgan fingerprint density at radius 1 is 0.435 bits per heavy atom. The Balaban J connectivity index is 1.12. The van der Waals surface area contributed by atoms with Crippen LogP contribution in [-0.4, -0.2) is 14.1 Å². The molecule has 4 heterocycles. The second-order valence-corrected chi connectivity index (χ2v) is 13.7. The van der Waals surface area contributed by atoms with E-state index in [4.69, 9.17) is 4.98 Å². The molecule has 4 aromatic heterocycles. The van der Waals surface area contributed by atoms with Crippen LogP contribution < -0.4 is 0 Å². The summed E-state index contributed by atoms with van der Waals surface area (Å²) in [6.07, 6.45) is 0. The Kier molecular flexibility index (Phi) is 5.61. The molecule has 0 aliphatic heterocycles. The Hall–Kier alpha value is -5.49. The molecule has 0 bridgehead atoms. The Labute approximate surface area is 272 Å². The van der Waals surface area contributed by atoms with Crippen molar-refractivity contribution in [2.24, 2.45) is 0 Å². The van der Waals surface area contributed by atoms with Crippen LogP contribution in [0, 0.1) is 0 Å². The van der Waals surface area contributed by atoms with Crippen LogP contribution in [0.25, 0.3) is 85.5 Å². The summed E-state index contributed by atoms with van der Waals surface area (Å²) in [6.45, 7) is 0. The minimum atomic E-state index is 1.06. The highest BCUT2D eigenvalue weighted by Crippen LogP contribution is 2.41. The van der Waals surface area contributed by atoms with E-state index in [1.807, 2.05) is 0 Å². The molecule has 10 aromatic rings. The van der Waals surface area contributed by atoms with Gasteiger partial charge in [-0.15, -0.1) is 22.7 Å². The number of hydrogen-bond acceptors (Lipinski definition) is 3. The standard InChI is InChI=1S/C41H25N3S2/c1-2-10-28(11-3-1)43-34-15-7-4-12-29(34)31-24-26(18-20-36(31)43)27-19-21-37-32(25-27)30-13-5-8-16-35(30)44(37)40-23-22-39(45-40)41-42-33-14-6-9-17-38(33)46-41/h1-25H. The lowest BCUT2D eigenvalue weighted by Gasteiger charge is -2.08. The number of thiazole rings is 1. The first-order chi connectivity index (χ1) is 22.8. The van der Waals surface area contributed by atoms with Gasteiger partial charge in [0.05, 0.1) is 37.2 Å². The van der Waals surface area contributed by atoms with Crippen molar-refractivity contribution in [3.05, 3.63) is 152 Å². The molecule has 0 spiro atoms. The fraction of sp³-hybridized carbons (Fsp3) is 0. The lowest BCUT2D eigenvalue weighted by atomic mass is 10.0. The summed E-state index contributed by atoms with van der Waals surface area (Å²) in [5.74, 6) is 0. The first-order valence-electron chi connectivity index (χ1n) is 15.4. The van der Waals surface area contributed by atoms with Gasteiger partial charge >= 0.3 is 0 Å². The number of rotatable bonds is 4. The summed E-state index contributed by atoms with van der Waals surface area (Å²) in [7, 11) is 0. The molecule has 0 aliphatic rings. The summed E-state index contributed by atoms with van der Waals surface area (Å²) in [5, 5.41) is 7.32. The minimum absolute atomic E-state index is 1.06. The van der Waals surface area contributed by atoms with Gasteiger partial charge in [0.15, 0.2) is 0 Å². The zero-order chi connectivity index (χ0) is 30.2. The number of nitrogens with zero attached hydrogens (tertiary/aromatic N) is 3. The molecule has 0 unspecified atom stereocenters. The maximum atomic E-state index is 4.92. The van der Waals surface area contributed by atoms with Gasteiger partial charge in [-0.05, 0) is 83.9 Å². The van der Waals surface area contributed by atoms with E-state index in [9.17, 15) is 0 Å². The van der Waals surface area contributed by atoms with Crippen LogP contribution in [0.5, 0.6) is 0 Å². The average molecular weight is 624 g/mol. The zero-order valence-corrected chi connectivity index (χ0v) is 26.2. The number of thiophene rings is 1. The second-order valence-electron chi connectivity index (χ2n) is 11.6. The Morgan fingerprint density at radius 3 is 1.74 bits per heavy atom. The largest absolute Gasteiger partial charge is 0.309 e. The lowest BCUT2D eigenvalue weighted by Crippen LogP contribution is -1.92. The van der Waals surface area contributed by atoms with Crippen molar-refractivity contribution in [1.82, 2.24) is 14.1 Å². The van der Waals surface area contributed by atoms with Gasteiger partial charge in [-0.2, -0.15) is 0 Å². The summed E-state index contributed by atoms with van der Waals surface area (Å²) in [6, 6.07) is 54.8. The molecule has 0 N–H and O–H groups in total. The third-order valence-corrected chi connectivity index (χ3v) is 11.3. The molecule has 0 aliphatic carbocycles. The molecule has 0 fully saturated rings. The number of para-hydroxylation sites is 4. The van der Waals surface area contributed by atoms with Crippen molar-refractivity contribution < 1.29 is 0 Å². The van der Waals surface area contributed by atoms with Crippen LogP contribution in [0.4, 0.5) is 0 Å². The maximum absolute atomic E-state index is 4.92. The first-order valence-corrected chi connectivity index (χ1v) is 17.0. The molecule has 3 nitrogen and oxygen atoms in total. The highest BCUT2D eigenvalue weighted by molar-refractivity contribution is 7.26. The molecular formula is C41H25N3S2. The molecule has 216 valence electrons. The molecule has 46 heavy (non-hydrogen) atoms. The molecule has 10 rings (SSSR count). The fourth-order valence-corrected chi connectivity index (χ4v) is 8.99. The summed E-state index contributed by atoms with van der Waals surface area (Å²) >= 11 is 3.56. The van der Waals surface area contributed by atoms with E-state index in [-0.39, 0.29) is 0 Å². The van der Waals surface area contributed by atoms with Gasteiger partial charge in [-0.1, -0.05) is 78.9 Å². The van der Waals surface area contributed by atoms with Crippen LogP contribution in [0.3, 0.4) is 0 Å². The van der Waals surface area contributed by atoms with Gasteiger partial charge in [0.1, 0.15) is 10.0 Å². The predicted octanol–water partition coefficient (Wildman–Crippen LogP) is 11.9. The van der Waals surface area contributed by atoms with Crippen molar-refractivity contribution >= 4 is 76.5 Å². The third kappa shape index (κ3) is 3.86. The lowest BCUT2D eigenvalue weighted by molar-refractivity contribution is 1.18. The number of aromatic nitrogens is 3. The van der Waals surface area contributed by atoms with E-state index in [0.717, 1.165) is 10.5 Å². The highest BCUT2D eigenvalue weighted by atomic mass is 32.1. The van der Waals surface area contributed by atoms with Crippen molar-refractivity contribution in [3.8, 4) is 31.7 Å². The van der Waals surface area contributed by atoms with Crippen LogP contribution in [0.2, 0.25) is 0 Å². The maximum Gasteiger partial charge on any atom is 0.134 e. The van der Waals surface area contributed by atoms with Gasteiger partial charge in [0, 0.05) is 27.2 Å². The minimum Gasteiger partial charge on any atom is -0.309 e. The predicted molar refractivity (Wildman–Crippen MR) is 197 cm³/mol.